The van der Waals surface area contributed by atoms with Crippen LogP contribution in [0.15, 0.2) is 48.5 Å². The Balaban J connectivity index is 1.24. The van der Waals surface area contributed by atoms with Gasteiger partial charge >= 0.3 is 0 Å². The van der Waals surface area contributed by atoms with Crippen molar-refractivity contribution in [1.82, 2.24) is 15.1 Å². The Hall–Kier alpha value is -2.77. The molecule has 0 radical (unpaired) electrons. The first-order chi connectivity index (χ1) is 18.4. The Morgan fingerprint density at radius 2 is 1.71 bits per heavy atom. The van der Waals surface area contributed by atoms with E-state index in [1.165, 1.54) is 0 Å². The van der Waals surface area contributed by atoms with Crippen LogP contribution in [0.25, 0.3) is 0 Å². The van der Waals surface area contributed by atoms with E-state index in [4.69, 9.17) is 23.2 Å². The summed E-state index contributed by atoms with van der Waals surface area (Å²) in [6.45, 7) is 1.87. The van der Waals surface area contributed by atoms with Gasteiger partial charge in [-0.25, -0.2) is 0 Å². The highest BCUT2D eigenvalue weighted by Crippen LogP contribution is 2.40. The topological polar surface area (TPSA) is 73.0 Å². The van der Waals surface area contributed by atoms with Gasteiger partial charge < -0.3 is 20.0 Å². The van der Waals surface area contributed by atoms with Gasteiger partial charge in [0.2, 0.25) is 11.8 Å². The van der Waals surface area contributed by atoms with E-state index in [-0.39, 0.29) is 30.2 Å². The molecule has 5 rings (SSSR count). The third-order valence-electron chi connectivity index (χ3n) is 8.25. The monoisotopic (exact) mass is 556 g/mol. The first-order valence-electron chi connectivity index (χ1n) is 13.5. The maximum atomic E-state index is 13.9. The fourth-order valence-corrected chi connectivity index (χ4v) is 6.64. The normalized spacial score (nSPS) is 19.4. The number of anilines is 1. The lowest BCUT2D eigenvalue weighted by Gasteiger charge is -2.43. The van der Waals surface area contributed by atoms with Crippen LogP contribution in [0.3, 0.4) is 0 Å². The van der Waals surface area contributed by atoms with Crippen LogP contribution in [0.4, 0.5) is 5.69 Å². The molecule has 2 saturated heterocycles. The van der Waals surface area contributed by atoms with Gasteiger partial charge in [0.1, 0.15) is 12.1 Å². The average molecular weight is 558 g/mol. The van der Waals surface area contributed by atoms with Crippen molar-refractivity contribution in [3.05, 3.63) is 64.1 Å². The number of rotatable bonds is 7. The van der Waals surface area contributed by atoms with Crippen molar-refractivity contribution in [3.8, 4) is 0 Å². The molecule has 0 atom stereocenters. The average Bonchev–Trinajstić information content (AvgIpc) is 3.55. The number of carbonyl (C=O) groups is 3. The number of piperidine rings is 1. The molecule has 202 valence electrons. The minimum Gasteiger partial charge on any atom is -0.354 e. The second-order valence-corrected chi connectivity index (χ2v) is 11.4. The standard InChI is InChI=1S/C29H34Cl2N4O3/c30-23-11-10-21(25(31)18-23)12-15-32-26(36)19-34-20-35(24-8-2-1-3-9-24)29(28(34)38)13-16-33(17-14-29)27(37)22-6-4-5-7-22/h1-3,8-11,18,22H,4-7,12-17,19-20H2,(H,32,36). The molecule has 1 saturated carbocycles. The van der Waals surface area contributed by atoms with Gasteiger partial charge in [0.15, 0.2) is 0 Å². The maximum absolute atomic E-state index is 13.9. The van der Waals surface area contributed by atoms with Gasteiger partial charge in [-0.1, -0.05) is 60.3 Å². The summed E-state index contributed by atoms with van der Waals surface area (Å²) in [5.41, 5.74) is 1.11. The van der Waals surface area contributed by atoms with Crippen LogP contribution >= 0.6 is 23.2 Å². The Kier molecular flexibility index (Phi) is 8.15. The molecule has 7 nitrogen and oxygen atoms in total. The van der Waals surface area contributed by atoms with E-state index in [1.807, 2.05) is 41.3 Å². The lowest BCUT2D eigenvalue weighted by molar-refractivity contribution is -0.141. The molecule has 0 unspecified atom stereocenters. The molecule has 38 heavy (non-hydrogen) atoms. The first kappa shape index (κ1) is 26.8. The minimum absolute atomic E-state index is 0.0109. The van der Waals surface area contributed by atoms with Gasteiger partial charge in [-0.3, -0.25) is 14.4 Å². The lowest BCUT2D eigenvalue weighted by atomic mass is 9.85. The first-order valence-corrected chi connectivity index (χ1v) is 14.2. The highest BCUT2D eigenvalue weighted by Gasteiger charge is 2.54. The van der Waals surface area contributed by atoms with E-state index in [0.717, 1.165) is 36.9 Å². The number of hydrogen-bond acceptors (Lipinski definition) is 4. The van der Waals surface area contributed by atoms with Crippen LogP contribution in [0.2, 0.25) is 10.0 Å². The largest absolute Gasteiger partial charge is 0.354 e. The zero-order valence-corrected chi connectivity index (χ0v) is 23.0. The number of nitrogens with one attached hydrogen (secondary N) is 1. The van der Waals surface area contributed by atoms with E-state index >= 15 is 0 Å². The van der Waals surface area contributed by atoms with Crippen LogP contribution in [0.5, 0.6) is 0 Å². The summed E-state index contributed by atoms with van der Waals surface area (Å²) in [6.07, 6.45) is 5.89. The summed E-state index contributed by atoms with van der Waals surface area (Å²) in [5.74, 6) is 0.134. The van der Waals surface area contributed by atoms with Gasteiger partial charge in [-0.2, -0.15) is 0 Å². The number of nitrogens with zero attached hydrogens (tertiary/aromatic N) is 3. The third kappa shape index (κ3) is 5.50. The van der Waals surface area contributed by atoms with Crippen molar-refractivity contribution in [2.24, 2.45) is 5.92 Å². The molecule has 3 fully saturated rings. The lowest BCUT2D eigenvalue weighted by Crippen LogP contribution is -2.58. The van der Waals surface area contributed by atoms with Crippen molar-refractivity contribution in [2.45, 2.75) is 50.5 Å². The summed E-state index contributed by atoms with van der Waals surface area (Å²) in [4.78, 5) is 45.5. The molecular weight excluding hydrogens is 523 g/mol. The summed E-state index contributed by atoms with van der Waals surface area (Å²) < 4.78 is 0. The quantitative estimate of drug-likeness (QED) is 0.544. The zero-order chi connectivity index (χ0) is 26.7. The van der Waals surface area contributed by atoms with Crippen LogP contribution in [-0.4, -0.2) is 65.9 Å². The predicted octanol–water partition coefficient (Wildman–Crippen LogP) is 4.51. The molecule has 9 heteroatoms. The number of halogens is 2. The molecule has 2 aliphatic heterocycles. The number of carbonyl (C=O) groups excluding carboxylic acids is 3. The van der Waals surface area contributed by atoms with Crippen LogP contribution < -0.4 is 10.2 Å². The Morgan fingerprint density at radius 3 is 2.39 bits per heavy atom. The molecule has 3 amide bonds. The number of benzene rings is 2. The smallest absolute Gasteiger partial charge is 0.250 e. The van der Waals surface area contributed by atoms with Crippen LogP contribution in [0, 0.1) is 5.92 Å². The Labute approximate surface area is 234 Å². The molecule has 3 aliphatic rings. The molecule has 0 bridgehead atoms. The number of hydrogen-bond donors (Lipinski definition) is 1. The van der Waals surface area contributed by atoms with Crippen molar-refractivity contribution >= 4 is 46.6 Å². The van der Waals surface area contributed by atoms with Gasteiger partial charge in [-0.15, -0.1) is 0 Å². The van der Waals surface area contributed by atoms with Crippen molar-refractivity contribution in [1.29, 1.82) is 0 Å². The zero-order valence-electron chi connectivity index (χ0n) is 21.5. The van der Waals surface area contributed by atoms with Crippen LogP contribution in [0.1, 0.15) is 44.1 Å². The molecule has 2 heterocycles. The molecule has 1 N–H and O–H groups in total. The number of likely N-dealkylation sites (tertiary alicyclic amines) is 1. The van der Waals surface area contributed by atoms with E-state index < -0.39 is 5.54 Å². The molecule has 0 aromatic heterocycles. The van der Waals surface area contributed by atoms with Crippen LogP contribution in [-0.2, 0) is 20.8 Å². The summed E-state index contributed by atoms with van der Waals surface area (Å²) in [5, 5.41) is 4.06. The molecule has 2 aromatic rings. The summed E-state index contributed by atoms with van der Waals surface area (Å²) in [7, 11) is 0. The van der Waals surface area contributed by atoms with Crippen molar-refractivity contribution in [2.75, 3.05) is 37.7 Å². The predicted molar refractivity (Wildman–Crippen MR) is 149 cm³/mol. The molecule has 2 aromatic carbocycles. The fraction of sp³-hybridized carbons (Fsp3) is 0.483. The second kappa shape index (κ2) is 11.5. The molecule has 1 aliphatic carbocycles. The highest BCUT2D eigenvalue weighted by molar-refractivity contribution is 6.35. The number of amides is 3. The Bertz CT molecular complexity index is 1180. The third-order valence-corrected chi connectivity index (χ3v) is 8.84. The fourth-order valence-electron chi connectivity index (χ4n) is 6.14. The van der Waals surface area contributed by atoms with E-state index in [1.54, 1.807) is 17.0 Å². The summed E-state index contributed by atoms with van der Waals surface area (Å²) >= 11 is 12.2. The van der Waals surface area contributed by atoms with Gasteiger partial charge in [0.25, 0.3) is 5.91 Å². The summed E-state index contributed by atoms with van der Waals surface area (Å²) in [6, 6.07) is 15.2. The van der Waals surface area contributed by atoms with E-state index in [0.29, 0.717) is 55.6 Å². The van der Waals surface area contributed by atoms with Gasteiger partial charge in [0.05, 0.1) is 6.67 Å². The van der Waals surface area contributed by atoms with Crippen molar-refractivity contribution in [3.63, 3.8) is 0 Å². The SMILES string of the molecule is O=C(CN1CN(c2ccccc2)C2(CCN(C(=O)C3CCCC3)CC2)C1=O)NCCc1ccc(Cl)cc1Cl. The molecule has 1 spiro atoms. The number of para-hydroxylation sites is 1. The van der Waals surface area contributed by atoms with Gasteiger partial charge in [-0.05, 0) is 61.9 Å². The highest BCUT2D eigenvalue weighted by atomic mass is 35.5. The Morgan fingerprint density at radius 1 is 1.00 bits per heavy atom. The van der Waals surface area contributed by atoms with E-state index in [2.05, 4.69) is 10.2 Å². The maximum Gasteiger partial charge on any atom is 0.250 e. The minimum atomic E-state index is -0.745. The van der Waals surface area contributed by atoms with E-state index in [9.17, 15) is 14.4 Å². The molecular formula is C29H34Cl2N4O3. The van der Waals surface area contributed by atoms with Crippen molar-refractivity contribution < 1.29 is 14.4 Å². The van der Waals surface area contributed by atoms with Gasteiger partial charge in [0, 0.05) is 41.3 Å². The second-order valence-electron chi connectivity index (χ2n) is 10.6.